The molecule has 1 atom stereocenters. The third-order valence-electron chi connectivity index (χ3n) is 4.38. The van der Waals surface area contributed by atoms with Crippen LogP contribution in [0.1, 0.15) is 33.8 Å². The lowest BCUT2D eigenvalue weighted by Crippen LogP contribution is -2.38. The summed E-state index contributed by atoms with van der Waals surface area (Å²) in [5.74, 6) is 1.06. The number of benzene rings is 1. The predicted octanol–water partition coefficient (Wildman–Crippen LogP) is 3.93. The molecule has 120 valence electrons. The average Bonchev–Trinajstić information content (AvgIpc) is 3.04. The van der Waals surface area contributed by atoms with Gasteiger partial charge in [-0.3, -0.25) is 4.79 Å². The Balaban J connectivity index is 1.66. The van der Waals surface area contributed by atoms with E-state index in [1.165, 1.54) is 10.4 Å². The molecular formula is C17H16ClNO3S. The molecule has 1 aromatic carbocycles. The highest BCUT2D eigenvalue weighted by Crippen LogP contribution is 2.40. The lowest BCUT2D eigenvalue weighted by Gasteiger charge is -2.34. The molecule has 0 aliphatic carbocycles. The van der Waals surface area contributed by atoms with Crippen LogP contribution in [0.15, 0.2) is 23.6 Å². The molecule has 23 heavy (non-hydrogen) atoms. The first-order valence-corrected chi connectivity index (χ1v) is 8.87. The fraction of sp³-hybridized carbons (Fsp3) is 0.353. The molecule has 2 aliphatic rings. The Morgan fingerprint density at radius 1 is 1.35 bits per heavy atom. The second kappa shape index (κ2) is 5.73. The summed E-state index contributed by atoms with van der Waals surface area (Å²) < 4.78 is 11.1. The molecular weight excluding hydrogens is 334 g/mol. The van der Waals surface area contributed by atoms with E-state index in [0.29, 0.717) is 35.3 Å². The van der Waals surface area contributed by atoms with Gasteiger partial charge in [-0.25, -0.2) is 0 Å². The standard InChI is InChI=1S/C17H16ClNO3S/c1-10-12-3-7-23-15(12)2-4-19(10)17(20)11-8-13(18)16-14(9-11)21-5-6-22-16/h3,7-10H,2,4-6H2,1H3/t10-/m1/s1. The van der Waals surface area contributed by atoms with Gasteiger partial charge in [0.15, 0.2) is 11.5 Å². The van der Waals surface area contributed by atoms with Crippen molar-refractivity contribution in [2.45, 2.75) is 19.4 Å². The molecule has 4 rings (SSSR count). The highest BCUT2D eigenvalue weighted by atomic mass is 35.5. The van der Waals surface area contributed by atoms with E-state index in [1.807, 2.05) is 4.90 Å². The molecule has 4 nitrogen and oxygen atoms in total. The number of hydrogen-bond acceptors (Lipinski definition) is 4. The molecule has 0 bridgehead atoms. The number of hydrogen-bond donors (Lipinski definition) is 0. The molecule has 2 aromatic rings. The van der Waals surface area contributed by atoms with Crippen molar-refractivity contribution in [2.24, 2.45) is 0 Å². The van der Waals surface area contributed by atoms with Gasteiger partial charge in [-0.15, -0.1) is 11.3 Å². The van der Waals surface area contributed by atoms with Gasteiger partial charge in [0, 0.05) is 17.0 Å². The normalized spacial score (nSPS) is 19.4. The Labute approximate surface area is 143 Å². The lowest BCUT2D eigenvalue weighted by atomic mass is 10.00. The summed E-state index contributed by atoms with van der Waals surface area (Å²) in [6, 6.07) is 5.59. The summed E-state index contributed by atoms with van der Waals surface area (Å²) in [4.78, 5) is 16.2. The maximum Gasteiger partial charge on any atom is 0.254 e. The van der Waals surface area contributed by atoms with E-state index in [1.54, 1.807) is 23.5 Å². The first-order valence-electron chi connectivity index (χ1n) is 7.61. The van der Waals surface area contributed by atoms with Crippen molar-refractivity contribution >= 4 is 28.8 Å². The highest BCUT2D eigenvalue weighted by Gasteiger charge is 2.30. The van der Waals surface area contributed by atoms with Crippen LogP contribution in [-0.4, -0.2) is 30.6 Å². The Hall–Kier alpha value is -1.72. The van der Waals surface area contributed by atoms with Crippen molar-refractivity contribution in [2.75, 3.05) is 19.8 Å². The number of rotatable bonds is 1. The number of carbonyl (C=O) groups is 1. The number of nitrogens with zero attached hydrogens (tertiary/aromatic N) is 1. The maximum atomic E-state index is 13.0. The molecule has 0 N–H and O–H groups in total. The molecule has 0 unspecified atom stereocenters. The Morgan fingerprint density at radius 2 is 2.17 bits per heavy atom. The van der Waals surface area contributed by atoms with E-state index >= 15 is 0 Å². The molecule has 0 spiro atoms. The van der Waals surface area contributed by atoms with Crippen LogP contribution in [0.2, 0.25) is 5.02 Å². The van der Waals surface area contributed by atoms with Gasteiger partial charge in [0.05, 0.1) is 11.1 Å². The van der Waals surface area contributed by atoms with Crippen molar-refractivity contribution in [3.8, 4) is 11.5 Å². The van der Waals surface area contributed by atoms with Crippen LogP contribution < -0.4 is 9.47 Å². The third kappa shape index (κ3) is 2.48. The predicted molar refractivity (Wildman–Crippen MR) is 89.9 cm³/mol. The van der Waals surface area contributed by atoms with Crippen LogP contribution in [0.25, 0.3) is 0 Å². The van der Waals surface area contributed by atoms with Crippen molar-refractivity contribution in [1.29, 1.82) is 0 Å². The monoisotopic (exact) mass is 349 g/mol. The number of ether oxygens (including phenoxy) is 2. The highest BCUT2D eigenvalue weighted by molar-refractivity contribution is 7.10. The average molecular weight is 350 g/mol. The summed E-state index contributed by atoms with van der Waals surface area (Å²) >= 11 is 8.02. The number of halogens is 1. The Morgan fingerprint density at radius 3 is 3.04 bits per heavy atom. The van der Waals surface area contributed by atoms with E-state index in [4.69, 9.17) is 21.1 Å². The van der Waals surface area contributed by atoms with E-state index in [2.05, 4.69) is 18.4 Å². The molecule has 3 heterocycles. The molecule has 0 radical (unpaired) electrons. The first-order chi connectivity index (χ1) is 11.1. The van der Waals surface area contributed by atoms with Crippen LogP contribution in [0.3, 0.4) is 0 Å². The van der Waals surface area contributed by atoms with Crippen molar-refractivity contribution in [3.63, 3.8) is 0 Å². The Kier molecular flexibility index (Phi) is 3.70. The summed E-state index contributed by atoms with van der Waals surface area (Å²) in [6.45, 7) is 3.74. The minimum absolute atomic E-state index is 0.0202. The molecule has 1 amide bonds. The van der Waals surface area contributed by atoms with Crippen molar-refractivity contribution in [3.05, 3.63) is 44.6 Å². The van der Waals surface area contributed by atoms with Gasteiger partial charge >= 0.3 is 0 Å². The molecule has 0 saturated heterocycles. The van der Waals surface area contributed by atoms with Gasteiger partial charge in [-0.2, -0.15) is 0 Å². The zero-order chi connectivity index (χ0) is 16.0. The van der Waals surface area contributed by atoms with Crippen LogP contribution in [0, 0.1) is 0 Å². The second-order valence-electron chi connectivity index (χ2n) is 5.71. The summed E-state index contributed by atoms with van der Waals surface area (Å²) in [5.41, 5.74) is 1.79. The first kappa shape index (κ1) is 14.8. The topological polar surface area (TPSA) is 38.8 Å². The van der Waals surface area contributed by atoms with E-state index < -0.39 is 0 Å². The lowest BCUT2D eigenvalue weighted by molar-refractivity contribution is 0.0678. The molecule has 0 fully saturated rings. The Bertz CT molecular complexity index is 773. The van der Waals surface area contributed by atoms with Crippen LogP contribution in [-0.2, 0) is 6.42 Å². The number of carbonyl (C=O) groups excluding carboxylic acids is 1. The minimum atomic E-state index is -0.0202. The summed E-state index contributed by atoms with van der Waals surface area (Å²) in [6.07, 6.45) is 0.904. The van der Waals surface area contributed by atoms with Gasteiger partial charge in [0.2, 0.25) is 0 Å². The van der Waals surface area contributed by atoms with Crippen molar-refractivity contribution < 1.29 is 14.3 Å². The quantitative estimate of drug-likeness (QED) is 0.783. The zero-order valence-corrected chi connectivity index (χ0v) is 14.2. The fourth-order valence-electron chi connectivity index (χ4n) is 3.19. The van der Waals surface area contributed by atoms with E-state index in [-0.39, 0.29) is 11.9 Å². The number of fused-ring (bicyclic) bond motifs is 2. The van der Waals surface area contributed by atoms with Gasteiger partial charge in [-0.1, -0.05) is 11.6 Å². The summed E-state index contributed by atoms with van der Waals surface area (Å²) in [5, 5.41) is 2.52. The minimum Gasteiger partial charge on any atom is -0.486 e. The number of thiophene rings is 1. The fourth-order valence-corrected chi connectivity index (χ4v) is 4.42. The largest absolute Gasteiger partial charge is 0.486 e. The molecule has 2 aliphatic heterocycles. The second-order valence-corrected chi connectivity index (χ2v) is 7.11. The van der Waals surface area contributed by atoms with Crippen LogP contribution >= 0.6 is 22.9 Å². The molecule has 1 aromatic heterocycles. The van der Waals surface area contributed by atoms with Crippen molar-refractivity contribution in [1.82, 2.24) is 4.90 Å². The third-order valence-corrected chi connectivity index (χ3v) is 5.66. The van der Waals surface area contributed by atoms with E-state index in [0.717, 1.165) is 13.0 Å². The van der Waals surface area contributed by atoms with Gasteiger partial charge in [-0.05, 0) is 42.5 Å². The molecule has 6 heteroatoms. The van der Waals surface area contributed by atoms with Gasteiger partial charge in [0.1, 0.15) is 13.2 Å². The SMILES string of the molecule is C[C@@H]1c2ccsc2CCN1C(=O)c1cc(Cl)c2c(c1)OCCO2. The zero-order valence-electron chi connectivity index (χ0n) is 12.7. The smallest absolute Gasteiger partial charge is 0.254 e. The van der Waals surface area contributed by atoms with Crippen LogP contribution in [0.5, 0.6) is 11.5 Å². The van der Waals surface area contributed by atoms with Gasteiger partial charge in [0.25, 0.3) is 5.91 Å². The van der Waals surface area contributed by atoms with Gasteiger partial charge < -0.3 is 14.4 Å². The molecule has 0 saturated carbocycles. The number of amides is 1. The van der Waals surface area contributed by atoms with Crippen LogP contribution in [0.4, 0.5) is 0 Å². The van der Waals surface area contributed by atoms with E-state index in [9.17, 15) is 4.79 Å². The summed E-state index contributed by atoms with van der Waals surface area (Å²) in [7, 11) is 0. The maximum absolute atomic E-state index is 13.0.